The van der Waals surface area contributed by atoms with E-state index >= 15 is 0 Å². The van der Waals surface area contributed by atoms with Crippen molar-refractivity contribution in [2.45, 2.75) is 13.0 Å². The molecule has 0 radical (unpaired) electrons. The van der Waals surface area contributed by atoms with Crippen LogP contribution in [0.5, 0.6) is 0 Å². The van der Waals surface area contributed by atoms with Gasteiger partial charge in [-0.05, 0) is 19.1 Å². The molecular formula is C7H12ClN3O. The lowest BCUT2D eigenvalue weighted by molar-refractivity contribution is -0.117. The van der Waals surface area contributed by atoms with Crippen LogP contribution in [-0.2, 0) is 4.79 Å². The van der Waals surface area contributed by atoms with Crippen molar-refractivity contribution >= 4 is 18.3 Å². The summed E-state index contributed by atoms with van der Waals surface area (Å²) in [5.74, 6) is -0.193. The first-order chi connectivity index (χ1) is 5.20. The van der Waals surface area contributed by atoms with E-state index in [0.29, 0.717) is 0 Å². The van der Waals surface area contributed by atoms with Crippen LogP contribution in [0.3, 0.4) is 0 Å². The zero-order chi connectivity index (χ0) is 8.27. The molecular weight excluding hydrogens is 178 g/mol. The van der Waals surface area contributed by atoms with Gasteiger partial charge in [0.05, 0.1) is 6.04 Å². The summed E-state index contributed by atoms with van der Waals surface area (Å²) in [6, 6.07) is 3.17. The Morgan fingerprint density at radius 1 is 1.50 bits per heavy atom. The molecule has 0 saturated carbocycles. The number of rotatable bonds is 2. The van der Waals surface area contributed by atoms with E-state index in [-0.39, 0.29) is 18.3 Å². The highest BCUT2D eigenvalue weighted by atomic mass is 35.5. The van der Waals surface area contributed by atoms with E-state index in [2.05, 4.69) is 5.43 Å². The maximum absolute atomic E-state index is 11.0. The highest BCUT2D eigenvalue weighted by Gasteiger charge is 2.05. The van der Waals surface area contributed by atoms with Gasteiger partial charge in [-0.15, -0.1) is 12.4 Å². The fourth-order valence-corrected chi connectivity index (χ4v) is 0.638. The third-order valence-corrected chi connectivity index (χ3v) is 1.26. The van der Waals surface area contributed by atoms with Gasteiger partial charge in [-0.2, -0.15) is 0 Å². The van der Waals surface area contributed by atoms with E-state index in [1.165, 1.54) is 0 Å². The number of nitrogens with two attached hydrogens (primary N) is 1. The van der Waals surface area contributed by atoms with Gasteiger partial charge >= 0.3 is 0 Å². The summed E-state index contributed by atoms with van der Waals surface area (Å²) in [6.07, 6.45) is 3.47. The molecule has 0 fully saturated rings. The van der Waals surface area contributed by atoms with Crippen molar-refractivity contribution < 1.29 is 4.79 Å². The first-order valence-electron chi connectivity index (χ1n) is 3.39. The SMILES string of the molecule is CC(N)C(=O)Nn1cccc1.Cl. The van der Waals surface area contributed by atoms with Crippen molar-refractivity contribution in [3.05, 3.63) is 24.5 Å². The Labute approximate surface area is 77.1 Å². The standard InChI is InChI=1S/C7H11N3O.ClH/c1-6(8)7(11)9-10-4-2-3-5-10;/h2-6H,8H2,1H3,(H,9,11);1H. The maximum atomic E-state index is 11.0. The van der Waals surface area contributed by atoms with Crippen LogP contribution < -0.4 is 11.2 Å². The molecule has 1 rings (SSSR count). The first kappa shape index (κ1) is 11.0. The average molecular weight is 190 g/mol. The summed E-state index contributed by atoms with van der Waals surface area (Å²) >= 11 is 0. The Morgan fingerprint density at radius 3 is 2.42 bits per heavy atom. The van der Waals surface area contributed by atoms with Crippen molar-refractivity contribution in [2.24, 2.45) is 5.73 Å². The lowest BCUT2D eigenvalue weighted by Crippen LogP contribution is -2.36. The Bertz CT molecular complexity index is 233. The monoisotopic (exact) mass is 189 g/mol. The minimum atomic E-state index is -0.475. The lowest BCUT2D eigenvalue weighted by atomic mass is 10.3. The van der Waals surface area contributed by atoms with E-state index in [1.807, 2.05) is 12.1 Å². The second-order valence-corrected chi connectivity index (χ2v) is 2.36. The van der Waals surface area contributed by atoms with Crippen molar-refractivity contribution in [1.82, 2.24) is 4.68 Å². The van der Waals surface area contributed by atoms with E-state index in [0.717, 1.165) is 0 Å². The molecule has 0 aliphatic carbocycles. The smallest absolute Gasteiger partial charge is 0.255 e. The second-order valence-electron chi connectivity index (χ2n) is 2.36. The number of carbonyl (C=O) groups excluding carboxylic acids is 1. The predicted molar refractivity (Wildman–Crippen MR) is 49.7 cm³/mol. The molecule has 0 spiro atoms. The van der Waals surface area contributed by atoms with Gasteiger partial charge in [0, 0.05) is 12.4 Å². The fraction of sp³-hybridized carbons (Fsp3) is 0.286. The molecule has 12 heavy (non-hydrogen) atoms. The summed E-state index contributed by atoms with van der Waals surface area (Å²) in [5, 5.41) is 0. The Morgan fingerprint density at radius 2 is 2.00 bits per heavy atom. The fourth-order valence-electron chi connectivity index (χ4n) is 0.638. The first-order valence-corrected chi connectivity index (χ1v) is 3.39. The van der Waals surface area contributed by atoms with Gasteiger partial charge in [-0.25, -0.2) is 0 Å². The topological polar surface area (TPSA) is 60.1 Å². The molecule has 1 amide bonds. The van der Waals surface area contributed by atoms with Gasteiger partial charge in [-0.3, -0.25) is 14.9 Å². The van der Waals surface area contributed by atoms with Crippen LogP contribution in [0.25, 0.3) is 0 Å². The number of nitrogens with zero attached hydrogens (tertiary/aromatic N) is 1. The second kappa shape index (κ2) is 4.79. The van der Waals surface area contributed by atoms with Crippen LogP contribution >= 0.6 is 12.4 Å². The number of hydrogen-bond donors (Lipinski definition) is 2. The Balaban J connectivity index is 0.00000121. The minimum absolute atomic E-state index is 0. The molecule has 0 bridgehead atoms. The molecule has 5 heteroatoms. The molecule has 1 aromatic heterocycles. The number of hydrogen-bond acceptors (Lipinski definition) is 2. The number of carbonyl (C=O) groups is 1. The number of halogens is 1. The molecule has 1 atom stereocenters. The minimum Gasteiger partial charge on any atom is -0.320 e. The van der Waals surface area contributed by atoms with Crippen LogP contribution in [0.1, 0.15) is 6.92 Å². The number of aromatic nitrogens is 1. The lowest BCUT2D eigenvalue weighted by Gasteiger charge is -2.07. The predicted octanol–water partition coefficient (Wildman–Crippen LogP) is 0.327. The van der Waals surface area contributed by atoms with E-state index < -0.39 is 6.04 Å². The highest BCUT2D eigenvalue weighted by molar-refractivity contribution is 5.88. The summed E-state index contributed by atoms with van der Waals surface area (Å²) < 4.78 is 1.56. The van der Waals surface area contributed by atoms with Gasteiger partial charge in [0.15, 0.2) is 0 Å². The molecule has 1 unspecified atom stereocenters. The van der Waals surface area contributed by atoms with Crippen LogP contribution in [0.4, 0.5) is 0 Å². The Hall–Kier alpha value is -1.00. The van der Waals surface area contributed by atoms with Crippen molar-refractivity contribution in [1.29, 1.82) is 0 Å². The van der Waals surface area contributed by atoms with E-state index in [1.54, 1.807) is 24.0 Å². The van der Waals surface area contributed by atoms with Gasteiger partial charge in [0.2, 0.25) is 0 Å². The molecule has 1 heterocycles. The summed E-state index contributed by atoms with van der Waals surface area (Å²) in [6.45, 7) is 1.64. The maximum Gasteiger partial charge on any atom is 0.255 e. The molecule has 0 saturated heterocycles. The van der Waals surface area contributed by atoms with Crippen molar-refractivity contribution in [3.8, 4) is 0 Å². The largest absolute Gasteiger partial charge is 0.320 e. The van der Waals surface area contributed by atoms with Crippen molar-refractivity contribution in [2.75, 3.05) is 5.43 Å². The average Bonchev–Trinajstić information content (AvgIpc) is 2.39. The third kappa shape index (κ3) is 2.94. The zero-order valence-electron chi connectivity index (χ0n) is 6.73. The van der Waals surface area contributed by atoms with Gasteiger partial charge in [0.1, 0.15) is 0 Å². The molecule has 4 nitrogen and oxygen atoms in total. The summed E-state index contributed by atoms with van der Waals surface area (Å²) in [4.78, 5) is 11.0. The van der Waals surface area contributed by atoms with Crippen LogP contribution in [0.2, 0.25) is 0 Å². The van der Waals surface area contributed by atoms with E-state index in [4.69, 9.17) is 5.73 Å². The summed E-state index contributed by atoms with van der Waals surface area (Å²) in [5.41, 5.74) is 7.90. The highest BCUT2D eigenvalue weighted by Crippen LogP contribution is 1.86. The molecule has 0 aliphatic heterocycles. The van der Waals surface area contributed by atoms with Crippen LogP contribution in [-0.4, -0.2) is 16.6 Å². The molecule has 0 aromatic carbocycles. The zero-order valence-corrected chi connectivity index (χ0v) is 7.54. The molecule has 1 aromatic rings. The van der Waals surface area contributed by atoms with E-state index in [9.17, 15) is 4.79 Å². The molecule has 3 N–H and O–H groups in total. The molecule has 68 valence electrons. The summed E-state index contributed by atoms with van der Waals surface area (Å²) in [7, 11) is 0. The van der Waals surface area contributed by atoms with Gasteiger partial charge in [0.25, 0.3) is 5.91 Å². The quantitative estimate of drug-likeness (QED) is 0.705. The van der Waals surface area contributed by atoms with Gasteiger partial charge < -0.3 is 5.73 Å². The Kier molecular flexibility index (Phi) is 4.39. The number of nitrogens with one attached hydrogen (secondary N) is 1. The molecule has 0 aliphatic rings. The number of amides is 1. The third-order valence-electron chi connectivity index (χ3n) is 1.26. The van der Waals surface area contributed by atoms with Crippen molar-refractivity contribution in [3.63, 3.8) is 0 Å². The van der Waals surface area contributed by atoms with Crippen LogP contribution in [0, 0.1) is 0 Å². The van der Waals surface area contributed by atoms with Crippen LogP contribution in [0.15, 0.2) is 24.5 Å². The normalized spacial score (nSPS) is 11.5. The van der Waals surface area contributed by atoms with Gasteiger partial charge in [-0.1, -0.05) is 0 Å².